The van der Waals surface area contributed by atoms with Crippen molar-refractivity contribution in [2.75, 3.05) is 13.2 Å². The molecule has 0 spiro atoms. The Morgan fingerprint density at radius 2 is 2.00 bits per heavy atom. The molecule has 0 unspecified atom stereocenters. The molecule has 0 aromatic carbocycles. The fourth-order valence-electron chi connectivity index (χ4n) is 4.04. The van der Waals surface area contributed by atoms with E-state index in [0.29, 0.717) is 36.1 Å². The zero-order chi connectivity index (χ0) is 14.3. The number of aliphatic hydroxyl groups is 1. The van der Waals surface area contributed by atoms with E-state index in [1.165, 1.54) is 19.3 Å². The van der Waals surface area contributed by atoms with Crippen molar-refractivity contribution in [2.24, 2.45) is 16.7 Å². The van der Waals surface area contributed by atoms with Gasteiger partial charge in [-0.15, -0.1) is 0 Å². The fourth-order valence-corrected chi connectivity index (χ4v) is 4.04. The number of nitrogens with one attached hydrogen (secondary N) is 1. The van der Waals surface area contributed by atoms with E-state index in [1.807, 2.05) is 0 Å². The largest absolute Gasteiger partial charge is 0.389 e. The second-order valence-corrected chi connectivity index (χ2v) is 7.65. The lowest BCUT2D eigenvalue weighted by Crippen LogP contribution is -2.40. The van der Waals surface area contributed by atoms with Gasteiger partial charge in [-0.2, -0.15) is 0 Å². The van der Waals surface area contributed by atoms with Crippen LogP contribution in [0.1, 0.15) is 53.9 Å². The predicted octanol–water partition coefficient (Wildman–Crippen LogP) is 2.58. The average molecular weight is 269 g/mol. The number of ether oxygens (including phenoxy) is 1. The van der Waals surface area contributed by atoms with E-state index in [2.05, 4.69) is 39.9 Å². The number of rotatable bonds is 6. The van der Waals surface area contributed by atoms with Crippen molar-refractivity contribution in [2.45, 2.75) is 72.1 Å². The molecule has 2 aliphatic carbocycles. The van der Waals surface area contributed by atoms with Crippen LogP contribution < -0.4 is 5.32 Å². The van der Waals surface area contributed by atoms with Gasteiger partial charge in [-0.25, -0.2) is 0 Å². The van der Waals surface area contributed by atoms with Crippen LogP contribution in [0.25, 0.3) is 0 Å². The minimum atomic E-state index is -0.395. The molecule has 2 saturated carbocycles. The van der Waals surface area contributed by atoms with Gasteiger partial charge in [-0.05, 0) is 36.0 Å². The van der Waals surface area contributed by atoms with Crippen molar-refractivity contribution in [1.82, 2.24) is 5.32 Å². The Labute approximate surface area is 118 Å². The van der Waals surface area contributed by atoms with Gasteiger partial charge in [-0.1, -0.05) is 34.6 Å². The molecule has 2 aliphatic rings. The van der Waals surface area contributed by atoms with Gasteiger partial charge in [-0.3, -0.25) is 0 Å². The highest BCUT2D eigenvalue weighted by Gasteiger charge is 2.61. The van der Waals surface area contributed by atoms with E-state index < -0.39 is 6.10 Å². The summed E-state index contributed by atoms with van der Waals surface area (Å²) in [5, 5.41) is 13.2. The molecule has 2 rings (SSSR count). The van der Waals surface area contributed by atoms with Crippen LogP contribution in [0.5, 0.6) is 0 Å². The minimum absolute atomic E-state index is 0.295. The molecule has 0 heterocycles. The molecule has 3 heteroatoms. The Morgan fingerprint density at radius 1 is 1.32 bits per heavy atom. The zero-order valence-corrected chi connectivity index (χ0v) is 13.2. The number of hydrogen-bond acceptors (Lipinski definition) is 3. The molecular formula is C16H31NO2. The van der Waals surface area contributed by atoms with Gasteiger partial charge in [0.15, 0.2) is 0 Å². The molecule has 112 valence electrons. The highest BCUT2D eigenvalue weighted by molar-refractivity contribution is 5.11. The first kappa shape index (κ1) is 15.3. The fraction of sp³-hybridized carbons (Fsp3) is 1.00. The maximum absolute atomic E-state index is 9.96. The SMILES string of the molecule is CC(C)NC[C@@H](O)CO[C@H]1C[C@H]2CC[C@@]1(C)C2(C)C. The van der Waals surface area contributed by atoms with E-state index >= 15 is 0 Å². The topological polar surface area (TPSA) is 41.5 Å². The molecule has 0 saturated heterocycles. The average Bonchev–Trinajstić information content (AvgIpc) is 2.66. The third-order valence-corrected chi connectivity index (χ3v) is 5.97. The summed E-state index contributed by atoms with van der Waals surface area (Å²) < 4.78 is 6.08. The van der Waals surface area contributed by atoms with Crippen molar-refractivity contribution < 1.29 is 9.84 Å². The Kier molecular flexibility index (Phi) is 4.29. The standard InChI is InChI=1S/C16H31NO2/c1-11(2)17-9-13(18)10-19-14-8-12-6-7-16(14,5)15(12,3)4/h11-14,17-18H,6-10H2,1-5H3/t12-,13-,14+,16-/m1/s1. The van der Waals surface area contributed by atoms with Crippen molar-refractivity contribution in [1.29, 1.82) is 0 Å². The summed E-state index contributed by atoms with van der Waals surface area (Å²) in [5.41, 5.74) is 0.682. The van der Waals surface area contributed by atoms with E-state index in [4.69, 9.17) is 4.74 Å². The van der Waals surface area contributed by atoms with Gasteiger partial charge in [0.05, 0.1) is 18.8 Å². The maximum Gasteiger partial charge on any atom is 0.0897 e. The molecule has 0 radical (unpaired) electrons. The number of aliphatic hydroxyl groups excluding tert-OH is 1. The third-order valence-electron chi connectivity index (χ3n) is 5.97. The van der Waals surface area contributed by atoms with Crippen LogP contribution >= 0.6 is 0 Å². The van der Waals surface area contributed by atoms with Gasteiger partial charge in [0.1, 0.15) is 0 Å². The first-order chi connectivity index (χ1) is 8.77. The van der Waals surface area contributed by atoms with E-state index in [0.717, 1.165) is 5.92 Å². The smallest absolute Gasteiger partial charge is 0.0897 e. The molecule has 3 nitrogen and oxygen atoms in total. The van der Waals surface area contributed by atoms with Gasteiger partial charge < -0.3 is 15.2 Å². The lowest BCUT2D eigenvalue weighted by Gasteiger charge is -2.39. The molecule has 0 amide bonds. The first-order valence-corrected chi connectivity index (χ1v) is 7.80. The lowest BCUT2D eigenvalue weighted by molar-refractivity contribution is -0.0743. The van der Waals surface area contributed by atoms with Crippen LogP contribution in [0.3, 0.4) is 0 Å². The quantitative estimate of drug-likeness (QED) is 0.779. The summed E-state index contributed by atoms with van der Waals surface area (Å²) >= 11 is 0. The Bertz CT molecular complexity index is 316. The molecule has 4 atom stereocenters. The summed E-state index contributed by atoms with van der Waals surface area (Å²) in [6, 6.07) is 0.411. The molecule has 2 bridgehead atoms. The molecule has 2 fully saturated rings. The van der Waals surface area contributed by atoms with Gasteiger partial charge in [0.25, 0.3) is 0 Å². The van der Waals surface area contributed by atoms with Gasteiger partial charge in [0, 0.05) is 12.6 Å². The van der Waals surface area contributed by atoms with Crippen LogP contribution in [-0.2, 0) is 4.74 Å². The van der Waals surface area contributed by atoms with Crippen molar-refractivity contribution >= 4 is 0 Å². The Hall–Kier alpha value is -0.120. The highest BCUT2D eigenvalue weighted by Crippen LogP contribution is 2.66. The highest BCUT2D eigenvalue weighted by atomic mass is 16.5. The monoisotopic (exact) mass is 269 g/mol. The van der Waals surface area contributed by atoms with Crippen LogP contribution in [0, 0.1) is 16.7 Å². The van der Waals surface area contributed by atoms with E-state index in [1.54, 1.807) is 0 Å². The third kappa shape index (κ3) is 2.70. The normalized spacial score (nSPS) is 38.1. The van der Waals surface area contributed by atoms with Crippen LogP contribution in [0.2, 0.25) is 0 Å². The van der Waals surface area contributed by atoms with Crippen LogP contribution in [-0.4, -0.2) is 36.5 Å². The molecule has 0 aliphatic heterocycles. The minimum Gasteiger partial charge on any atom is -0.389 e. The van der Waals surface area contributed by atoms with Crippen LogP contribution in [0.4, 0.5) is 0 Å². The second-order valence-electron chi connectivity index (χ2n) is 7.65. The van der Waals surface area contributed by atoms with Crippen molar-refractivity contribution in [3.05, 3.63) is 0 Å². The van der Waals surface area contributed by atoms with Crippen LogP contribution in [0.15, 0.2) is 0 Å². The molecule has 2 N–H and O–H groups in total. The first-order valence-electron chi connectivity index (χ1n) is 7.80. The summed E-state index contributed by atoms with van der Waals surface area (Å²) in [7, 11) is 0. The van der Waals surface area contributed by atoms with Gasteiger partial charge >= 0.3 is 0 Å². The second kappa shape index (κ2) is 5.34. The van der Waals surface area contributed by atoms with Crippen molar-refractivity contribution in [3.8, 4) is 0 Å². The molecular weight excluding hydrogens is 238 g/mol. The predicted molar refractivity (Wildman–Crippen MR) is 78.1 cm³/mol. The molecule has 0 aromatic rings. The van der Waals surface area contributed by atoms with Gasteiger partial charge in [0.2, 0.25) is 0 Å². The zero-order valence-electron chi connectivity index (χ0n) is 13.2. The number of hydrogen-bond donors (Lipinski definition) is 2. The molecule has 0 aromatic heterocycles. The number of fused-ring (bicyclic) bond motifs is 2. The summed E-state index contributed by atoms with van der Waals surface area (Å²) in [4.78, 5) is 0. The summed E-state index contributed by atoms with van der Waals surface area (Å²) in [6.07, 6.45) is 3.73. The Morgan fingerprint density at radius 3 is 2.47 bits per heavy atom. The Balaban J connectivity index is 1.82. The maximum atomic E-state index is 9.96. The summed E-state index contributed by atoms with van der Waals surface area (Å²) in [5.74, 6) is 0.799. The van der Waals surface area contributed by atoms with E-state index in [-0.39, 0.29) is 0 Å². The van der Waals surface area contributed by atoms with E-state index in [9.17, 15) is 5.11 Å². The molecule has 19 heavy (non-hydrogen) atoms. The lowest BCUT2D eigenvalue weighted by atomic mass is 9.70. The summed E-state index contributed by atoms with van der Waals surface area (Å²) in [6.45, 7) is 12.4. The van der Waals surface area contributed by atoms with Crippen molar-refractivity contribution in [3.63, 3.8) is 0 Å².